The fourth-order valence-corrected chi connectivity index (χ4v) is 5.68. The number of hydrogen-bond acceptors (Lipinski definition) is 6. The molecule has 8 nitrogen and oxygen atoms in total. The third-order valence-electron chi connectivity index (χ3n) is 6.26. The zero-order chi connectivity index (χ0) is 24.9. The van der Waals surface area contributed by atoms with Crippen molar-refractivity contribution >= 4 is 28.3 Å². The maximum Gasteiger partial charge on any atom is 0.407 e. The molecule has 9 heteroatoms. The van der Waals surface area contributed by atoms with E-state index in [0.29, 0.717) is 42.8 Å². The Morgan fingerprint density at radius 3 is 2.80 bits per heavy atom. The largest absolute Gasteiger partial charge is 0.446 e. The molecule has 3 aromatic rings. The van der Waals surface area contributed by atoms with Gasteiger partial charge in [-0.2, -0.15) is 10.4 Å². The van der Waals surface area contributed by atoms with Crippen LogP contribution in [0.25, 0.3) is 0 Å². The average molecular weight is 492 g/mol. The maximum absolute atomic E-state index is 12.7. The van der Waals surface area contributed by atoms with Crippen LogP contribution in [-0.4, -0.2) is 27.9 Å². The van der Waals surface area contributed by atoms with E-state index in [4.69, 9.17) is 4.74 Å². The molecule has 4 rings (SSSR count). The fraction of sp³-hybridized carbons (Fsp3) is 0.385. The standard InChI is InChI=1S/C26H29N5O3S/c1-16(18-7-5-4-6-8-18)11-24(32)29-25-22(13-27)21-10-9-20(12-23(21)35-25)34-26(33)28-14-19-15-31(3)30-17(19)2/h4-8,15-16,20H,9-12,14H2,1-3H3,(H,28,33)(H,29,32). The SMILES string of the molecule is Cc1nn(C)cc1CNC(=O)OC1CCc2c(sc(NC(=O)CC(C)c3ccccc3)c2C#N)C1. The molecule has 2 heterocycles. The number of thiophene rings is 1. The van der Waals surface area contributed by atoms with Gasteiger partial charge >= 0.3 is 6.09 Å². The summed E-state index contributed by atoms with van der Waals surface area (Å²) < 4.78 is 7.35. The summed E-state index contributed by atoms with van der Waals surface area (Å²) in [6, 6.07) is 12.2. The molecular formula is C26H29N5O3S. The van der Waals surface area contributed by atoms with Crippen molar-refractivity contribution < 1.29 is 14.3 Å². The summed E-state index contributed by atoms with van der Waals surface area (Å²) in [7, 11) is 1.84. The molecule has 2 unspecified atom stereocenters. The van der Waals surface area contributed by atoms with Crippen LogP contribution < -0.4 is 10.6 Å². The molecule has 2 atom stereocenters. The van der Waals surface area contributed by atoms with Crippen molar-refractivity contribution in [3.8, 4) is 6.07 Å². The highest BCUT2D eigenvalue weighted by Gasteiger charge is 2.28. The van der Waals surface area contributed by atoms with Gasteiger partial charge in [0.1, 0.15) is 17.2 Å². The number of benzene rings is 1. The van der Waals surface area contributed by atoms with Gasteiger partial charge in [-0.05, 0) is 36.8 Å². The Bertz CT molecular complexity index is 1260. The molecule has 0 saturated carbocycles. The first-order valence-corrected chi connectivity index (χ1v) is 12.5. The van der Waals surface area contributed by atoms with Gasteiger partial charge in [0.25, 0.3) is 0 Å². The molecule has 0 radical (unpaired) electrons. The Balaban J connectivity index is 1.34. The van der Waals surface area contributed by atoms with E-state index in [1.54, 1.807) is 4.68 Å². The third kappa shape index (κ3) is 5.89. The van der Waals surface area contributed by atoms with Crippen LogP contribution in [0.2, 0.25) is 0 Å². The zero-order valence-electron chi connectivity index (χ0n) is 20.1. The highest BCUT2D eigenvalue weighted by atomic mass is 32.1. The number of aromatic nitrogens is 2. The number of nitrogens with zero attached hydrogens (tertiary/aromatic N) is 3. The van der Waals surface area contributed by atoms with E-state index >= 15 is 0 Å². The van der Waals surface area contributed by atoms with Crippen LogP contribution >= 0.6 is 11.3 Å². The summed E-state index contributed by atoms with van der Waals surface area (Å²) in [6.07, 6.45) is 3.25. The summed E-state index contributed by atoms with van der Waals surface area (Å²) >= 11 is 1.41. The van der Waals surface area contributed by atoms with E-state index in [9.17, 15) is 14.9 Å². The van der Waals surface area contributed by atoms with Gasteiger partial charge in [0, 0.05) is 43.1 Å². The number of aryl methyl sites for hydroxylation is 2. The molecule has 2 N–H and O–H groups in total. The lowest BCUT2D eigenvalue weighted by Crippen LogP contribution is -2.31. The quantitative estimate of drug-likeness (QED) is 0.503. The molecule has 1 aliphatic carbocycles. The van der Waals surface area contributed by atoms with Gasteiger partial charge in [-0.1, -0.05) is 37.3 Å². The van der Waals surface area contributed by atoms with Crippen LogP contribution in [0, 0.1) is 18.3 Å². The summed E-state index contributed by atoms with van der Waals surface area (Å²) in [5.74, 6) is -0.0441. The van der Waals surface area contributed by atoms with Crippen molar-refractivity contribution in [2.24, 2.45) is 7.05 Å². The molecule has 0 bridgehead atoms. The van der Waals surface area contributed by atoms with Crippen molar-refractivity contribution in [3.05, 3.63) is 69.4 Å². The molecule has 2 amide bonds. The smallest absolute Gasteiger partial charge is 0.407 e. The Labute approximate surface area is 208 Å². The first-order chi connectivity index (χ1) is 16.8. The highest BCUT2D eigenvalue weighted by Crippen LogP contribution is 2.38. The second-order valence-corrected chi connectivity index (χ2v) is 10.0. The van der Waals surface area contributed by atoms with Gasteiger partial charge in [0.05, 0.1) is 11.3 Å². The minimum atomic E-state index is -0.470. The van der Waals surface area contributed by atoms with E-state index in [1.165, 1.54) is 11.3 Å². The number of carbonyl (C=O) groups excluding carboxylic acids is 2. The Hall–Kier alpha value is -3.64. The van der Waals surface area contributed by atoms with Gasteiger partial charge < -0.3 is 15.4 Å². The lowest BCUT2D eigenvalue weighted by molar-refractivity contribution is -0.116. The normalized spacial score (nSPS) is 15.5. The third-order valence-corrected chi connectivity index (χ3v) is 7.43. The molecule has 0 aliphatic heterocycles. The van der Waals surface area contributed by atoms with Gasteiger partial charge in [-0.15, -0.1) is 11.3 Å². The van der Waals surface area contributed by atoms with Crippen molar-refractivity contribution in [2.45, 2.75) is 58.1 Å². The van der Waals surface area contributed by atoms with E-state index in [1.807, 2.05) is 57.4 Å². The highest BCUT2D eigenvalue weighted by molar-refractivity contribution is 7.16. The number of rotatable bonds is 7. The molecule has 1 aromatic carbocycles. The number of nitriles is 1. The first kappa shape index (κ1) is 24.5. The van der Waals surface area contributed by atoms with Gasteiger partial charge in [-0.3, -0.25) is 9.48 Å². The number of carbonyl (C=O) groups is 2. The number of nitrogens with one attached hydrogen (secondary N) is 2. The molecule has 0 spiro atoms. The molecule has 1 aliphatic rings. The summed E-state index contributed by atoms with van der Waals surface area (Å²) in [5, 5.41) is 20.3. The molecule has 0 fully saturated rings. The second-order valence-electron chi connectivity index (χ2n) is 8.92. The van der Waals surface area contributed by atoms with Crippen LogP contribution in [0.15, 0.2) is 36.5 Å². The van der Waals surface area contributed by atoms with Gasteiger partial charge in [-0.25, -0.2) is 4.79 Å². The number of fused-ring (bicyclic) bond motifs is 1. The topological polar surface area (TPSA) is 109 Å². The predicted molar refractivity (Wildman–Crippen MR) is 134 cm³/mol. The van der Waals surface area contributed by atoms with Crippen molar-refractivity contribution in [1.82, 2.24) is 15.1 Å². The van der Waals surface area contributed by atoms with E-state index in [0.717, 1.165) is 27.3 Å². The molecule has 182 valence electrons. The number of ether oxygens (including phenoxy) is 1. The van der Waals surface area contributed by atoms with Crippen LogP contribution in [0.3, 0.4) is 0 Å². The van der Waals surface area contributed by atoms with Crippen LogP contribution in [0.5, 0.6) is 0 Å². The van der Waals surface area contributed by atoms with Crippen LogP contribution in [-0.2, 0) is 36.0 Å². The fourth-order valence-electron chi connectivity index (χ4n) is 4.40. The summed E-state index contributed by atoms with van der Waals surface area (Å²) in [6.45, 7) is 4.26. The van der Waals surface area contributed by atoms with Crippen LogP contribution in [0.4, 0.5) is 9.80 Å². The Kier molecular flexibility index (Phi) is 7.51. The minimum absolute atomic E-state index is 0.0723. The monoisotopic (exact) mass is 491 g/mol. The van der Waals surface area contributed by atoms with Gasteiger partial charge in [0.2, 0.25) is 5.91 Å². The molecule has 2 aromatic heterocycles. The second kappa shape index (κ2) is 10.7. The minimum Gasteiger partial charge on any atom is -0.446 e. The summed E-state index contributed by atoms with van der Waals surface area (Å²) in [5.41, 5.74) is 4.39. The van der Waals surface area contributed by atoms with Gasteiger partial charge in [0.15, 0.2) is 0 Å². The predicted octanol–water partition coefficient (Wildman–Crippen LogP) is 4.58. The Morgan fingerprint density at radius 1 is 1.34 bits per heavy atom. The maximum atomic E-state index is 12.7. The van der Waals surface area contributed by atoms with Crippen LogP contribution in [0.1, 0.15) is 58.5 Å². The number of hydrogen-bond donors (Lipinski definition) is 2. The lowest BCUT2D eigenvalue weighted by atomic mass is 9.93. The number of alkyl carbamates (subject to hydrolysis) is 1. The Morgan fingerprint density at radius 2 is 2.11 bits per heavy atom. The van der Waals surface area contributed by atoms with Crippen molar-refractivity contribution in [3.63, 3.8) is 0 Å². The number of amides is 2. The molecule has 0 saturated heterocycles. The van der Waals surface area contributed by atoms with E-state index in [-0.39, 0.29) is 17.9 Å². The molecule has 35 heavy (non-hydrogen) atoms. The summed E-state index contributed by atoms with van der Waals surface area (Å²) in [4.78, 5) is 26.0. The van der Waals surface area contributed by atoms with Crippen molar-refractivity contribution in [2.75, 3.05) is 5.32 Å². The molecular weight excluding hydrogens is 462 g/mol. The lowest BCUT2D eigenvalue weighted by Gasteiger charge is -2.22. The van der Waals surface area contributed by atoms with E-state index in [2.05, 4.69) is 21.8 Å². The van der Waals surface area contributed by atoms with Crippen molar-refractivity contribution in [1.29, 1.82) is 5.26 Å². The zero-order valence-corrected chi connectivity index (χ0v) is 20.9. The van der Waals surface area contributed by atoms with E-state index < -0.39 is 6.09 Å². The average Bonchev–Trinajstić information content (AvgIpc) is 3.34. The number of anilines is 1. The first-order valence-electron chi connectivity index (χ1n) is 11.7.